The van der Waals surface area contributed by atoms with Gasteiger partial charge in [0.25, 0.3) is 5.91 Å². The topological polar surface area (TPSA) is 104 Å². The third-order valence-electron chi connectivity index (χ3n) is 2.70. The fraction of sp³-hybridized carbons (Fsp3) is 0.200. The number of hydrogen-bond acceptors (Lipinski definition) is 6. The Balaban J connectivity index is 1.70. The number of rotatable bonds is 5. The van der Waals surface area contributed by atoms with E-state index in [0.717, 1.165) is 5.01 Å². The highest BCUT2D eigenvalue weighted by Gasteiger charge is 2.08. The highest BCUT2D eigenvalue weighted by Crippen LogP contribution is 2.11. The summed E-state index contributed by atoms with van der Waals surface area (Å²) in [6.07, 6.45) is 0.0983. The molecule has 2 amide bonds. The van der Waals surface area contributed by atoms with Gasteiger partial charge in [0.1, 0.15) is 5.75 Å². The average Bonchev–Trinajstić information content (AvgIpc) is 2.96. The lowest BCUT2D eigenvalue weighted by atomic mass is 10.2. The molecule has 7 nitrogen and oxygen atoms in total. The van der Waals surface area contributed by atoms with Crippen molar-refractivity contribution in [2.75, 3.05) is 6.61 Å². The minimum Gasteiger partial charge on any atom is -0.484 e. The van der Waals surface area contributed by atoms with Crippen molar-refractivity contribution in [3.05, 3.63) is 45.9 Å². The van der Waals surface area contributed by atoms with Crippen molar-refractivity contribution >= 4 is 23.2 Å². The summed E-state index contributed by atoms with van der Waals surface area (Å²) in [4.78, 5) is 27.4. The zero-order chi connectivity index (χ0) is 16.7. The molecule has 0 saturated carbocycles. The number of nitrogens with zero attached hydrogens (tertiary/aromatic N) is 2. The van der Waals surface area contributed by atoms with E-state index in [1.807, 2.05) is 13.0 Å². The number of aryl methyl sites for hydroxylation is 1. The Morgan fingerprint density at radius 2 is 1.96 bits per heavy atom. The first-order chi connectivity index (χ1) is 11.1. The Morgan fingerprint density at radius 3 is 2.57 bits per heavy atom. The molecule has 0 aliphatic heterocycles. The van der Waals surface area contributed by atoms with Gasteiger partial charge in [-0.25, -0.2) is 4.98 Å². The second kappa shape index (κ2) is 7.91. The van der Waals surface area contributed by atoms with E-state index in [1.165, 1.54) is 11.3 Å². The molecular formula is C15H14N4O3S. The molecule has 0 aliphatic rings. The molecule has 2 N–H and O–H groups in total. The van der Waals surface area contributed by atoms with E-state index >= 15 is 0 Å². The van der Waals surface area contributed by atoms with Crippen molar-refractivity contribution in [2.45, 2.75) is 13.3 Å². The maximum atomic E-state index is 11.6. The summed E-state index contributed by atoms with van der Waals surface area (Å²) >= 11 is 1.46. The van der Waals surface area contributed by atoms with Crippen LogP contribution in [0.5, 0.6) is 5.75 Å². The summed E-state index contributed by atoms with van der Waals surface area (Å²) < 4.78 is 5.24. The maximum Gasteiger partial charge on any atom is 0.276 e. The molecule has 0 radical (unpaired) electrons. The molecule has 2 aromatic rings. The first-order valence-corrected chi connectivity index (χ1v) is 7.56. The van der Waals surface area contributed by atoms with Crippen LogP contribution in [0.2, 0.25) is 0 Å². The van der Waals surface area contributed by atoms with E-state index in [0.29, 0.717) is 17.0 Å². The highest BCUT2D eigenvalue weighted by atomic mass is 32.1. The Bertz CT molecular complexity index is 734. The van der Waals surface area contributed by atoms with Crippen LogP contribution in [-0.4, -0.2) is 23.4 Å². The second-order valence-corrected chi connectivity index (χ2v) is 5.62. The van der Waals surface area contributed by atoms with Crippen LogP contribution in [0, 0.1) is 18.3 Å². The van der Waals surface area contributed by atoms with E-state index in [2.05, 4.69) is 15.8 Å². The zero-order valence-electron chi connectivity index (χ0n) is 12.3. The molecule has 0 saturated heterocycles. The number of hydrazine groups is 1. The number of thiazole rings is 1. The monoisotopic (exact) mass is 330 g/mol. The van der Waals surface area contributed by atoms with Crippen LogP contribution in [0.25, 0.3) is 0 Å². The van der Waals surface area contributed by atoms with Gasteiger partial charge in [0, 0.05) is 5.38 Å². The number of nitriles is 1. The average molecular weight is 330 g/mol. The molecule has 0 atom stereocenters. The van der Waals surface area contributed by atoms with Crippen LogP contribution < -0.4 is 15.6 Å². The molecule has 118 valence electrons. The van der Waals surface area contributed by atoms with E-state index < -0.39 is 5.91 Å². The summed E-state index contributed by atoms with van der Waals surface area (Å²) in [7, 11) is 0. The third-order valence-corrected chi connectivity index (χ3v) is 3.53. The van der Waals surface area contributed by atoms with E-state index in [9.17, 15) is 9.59 Å². The number of carbonyl (C=O) groups excluding carboxylic acids is 2. The lowest BCUT2D eigenvalue weighted by Gasteiger charge is -2.08. The van der Waals surface area contributed by atoms with Gasteiger partial charge in [-0.1, -0.05) is 0 Å². The smallest absolute Gasteiger partial charge is 0.276 e. The minimum absolute atomic E-state index is 0.0983. The predicted octanol–water partition coefficient (Wildman–Crippen LogP) is 1.09. The zero-order valence-corrected chi connectivity index (χ0v) is 13.1. The number of ether oxygens (including phenoxy) is 1. The van der Waals surface area contributed by atoms with Crippen molar-refractivity contribution in [1.29, 1.82) is 5.26 Å². The van der Waals surface area contributed by atoms with Gasteiger partial charge in [0.15, 0.2) is 6.61 Å². The molecule has 23 heavy (non-hydrogen) atoms. The normalized spacial score (nSPS) is 9.74. The molecule has 0 spiro atoms. The highest BCUT2D eigenvalue weighted by molar-refractivity contribution is 7.09. The molecule has 0 bridgehead atoms. The standard InChI is InChI=1S/C15H14N4O3S/c1-10-17-12(9-23-10)6-14(20)18-19-15(21)8-22-13-4-2-11(7-16)3-5-13/h2-5,9H,6,8H2,1H3,(H,18,20)(H,19,21). The Hall–Kier alpha value is -2.92. The summed E-state index contributed by atoms with van der Waals surface area (Å²) in [5, 5.41) is 11.4. The third kappa shape index (κ3) is 5.41. The van der Waals surface area contributed by atoms with Crippen LogP contribution in [0.1, 0.15) is 16.3 Å². The number of benzene rings is 1. The molecule has 1 aromatic heterocycles. The van der Waals surface area contributed by atoms with Crippen molar-refractivity contribution in [2.24, 2.45) is 0 Å². The minimum atomic E-state index is -0.489. The van der Waals surface area contributed by atoms with Crippen LogP contribution in [0.4, 0.5) is 0 Å². The van der Waals surface area contributed by atoms with Gasteiger partial charge in [0.2, 0.25) is 5.91 Å². The van der Waals surface area contributed by atoms with Gasteiger partial charge in [-0.3, -0.25) is 20.4 Å². The lowest BCUT2D eigenvalue weighted by molar-refractivity contribution is -0.129. The fourth-order valence-corrected chi connectivity index (χ4v) is 2.26. The van der Waals surface area contributed by atoms with Crippen molar-refractivity contribution in [1.82, 2.24) is 15.8 Å². The number of amides is 2. The van der Waals surface area contributed by atoms with Crippen LogP contribution >= 0.6 is 11.3 Å². The quantitative estimate of drug-likeness (QED) is 0.799. The van der Waals surface area contributed by atoms with Gasteiger partial charge < -0.3 is 4.74 Å². The molecule has 1 heterocycles. The number of carbonyl (C=O) groups is 2. The van der Waals surface area contributed by atoms with Gasteiger partial charge in [-0.15, -0.1) is 11.3 Å². The van der Waals surface area contributed by atoms with Crippen molar-refractivity contribution < 1.29 is 14.3 Å². The summed E-state index contributed by atoms with van der Waals surface area (Å²) in [5.41, 5.74) is 5.73. The van der Waals surface area contributed by atoms with Crippen molar-refractivity contribution in [3.63, 3.8) is 0 Å². The fourth-order valence-electron chi connectivity index (χ4n) is 1.65. The maximum absolute atomic E-state index is 11.6. The Morgan fingerprint density at radius 1 is 1.26 bits per heavy atom. The van der Waals surface area contributed by atoms with Crippen LogP contribution in [0.15, 0.2) is 29.6 Å². The van der Waals surface area contributed by atoms with Crippen molar-refractivity contribution in [3.8, 4) is 11.8 Å². The Kier molecular flexibility index (Phi) is 5.66. The number of nitrogens with one attached hydrogen (secondary N) is 2. The van der Waals surface area contributed by atoms with Gasteiger partial charge >= 0.3 is 0 Å². The van der Waals surface area contributed by atoms with E-state index in [-0.39, 0.29) is 18.9 Å². The van der Waals surface area contributed by atoms with Gasteiger partial charge in [-0.05, 0) is 31.2 Å². The van der Waals surface area contributed by atoms with E-state index in [1.54, 1.807) is 29.6 Å². The SMILES string of the molecule is Cc1nc(CC(=O)NNC(=O)COc2ccc(C#N)cc2)cs1. The first-order valence-electron chi connectivity index (χ1n) is 6.68. The lowest BCUT2D eigenvalue weighted by Crippen LogP contribution is -2.44. The number of aromatic nitrogens is 1. The molecule has 0 fully saturated rings. The Labute approximate surface area is 136 Å². The summed E-state index contributed by atoms with van der Waals surface area (Å²) in [6.45, 7) is 1.61. The van der Waals surface area contributed by atoms with Crippen LogP contribution in [-0.2, 0) is 16.0 Å². The molecular weight excluding hydrogens is 316 g/mol. The summed E-state index contributed by atoms with van der Waals surface area (Å²) in [6, 6.07) is 8.35. The van der Waals surface area contributed by atoms with E-state index in [4.69, 9.17) is 10.00 Å². The molecule has 0 aliphatic carbocycles. The summed E-state index contributed by atoms with van der Waals surface area (Å²) in [5.74, 6) is -0.386. The molecule has 1 aromatic carbocycles. The molecule has 2 rings (SSSR count). The molecule has 8 heteroatoms. The van der Waals surface area contributed by atoms with Gasteiger partial charge in [0.05, 0.1) is 28.8 Å². The van der Waals surface area contributed by atoms with Gasteiger partial charge in [-0.2, -0.15) is 5.26 Å². The van der Waals surface area contributed by atoms with Crippen LogP contribution in [0.3, 0.4) is 0 Å². The first kappa shape index (κ1) is 16.5. The largest absolute Gasteiger partial charge is 0.484 e. The number of hydrogen-bond donors (Lipinski definition) is 2. The molecule has 0 unspecified atom stereocenters. The second-order valence-electron chi connectivity index (χ2n) is 4.56. The predicted molar refractivity (Wildman–Crippen MR) is 83.5 cm³/mol.